The number of fused-ring (bicyclic) bond motifs is 2. The van der Waals surface area contributed by atoms with Crippen LogP contribution < -0.4 is 19.7 Å². The molecule has 0 radical (unpaired) electrons. The largest absolute Gasteiger partial charge is 0.497 e. The van der Waals surface area contributed by atoms with Gasteiger partial charge >= 0.3 is 0 Å². The molecule has 3 amide bonds. The number of carbonyl (C=O) groups excluding carboxylic acids is 3. The smallest absolute Gasteiger partial charge is 0.264 e. The molecule has 1 spiro atoms. The van der Waals surface area contributed by atoms with Gasteiger partial charge in [-0.05, 0) is 71.8 Å². The summed E-state index contributed by atoms with van der Waals surface area (Å²) < 4.78 is 12.7. The molecular formula is C46H47N3O6Si. The second-order valence-electron chi connectivity index (χ2n) is 16.3. The maximum absolute atomic E-state index is 15.4. The monoisotopic (exact) mass is 765 g/mol. The number of benzene rings is 5. The Morgan fingerprint density at radius 2 is 1.66 bits per heavy atom. The van der Waals surface area contributed by atoms with E-state index >= 15 is 4.79 Å². The lowest BCUT2D eigenvalue weighted by molar-refractivity contribution is -0.150. The number of aliphatic hydroxyl groups excluding tert-OH is 1. The number of methoxy groups -OCH3 is 1. The van der Waals surface area contributed by atoms with Crippen molar-refractivity contribution in [1.29, 1.82) is 0 Å². The predicted molar refractivity (Wildman–Crippen MR) is 221 cm³/mol. The van der Waals surface area contributed by atoms with Gasteiger partial charge in [-0.1, -0.05) is 91.9 Å². The highest BCUT2D eigenvalue weighted by Gasteiger charge is 2.66. The Hall–Kier alpha value is -5.29. The lowest BCUT2D eigenvalue weighted by Gasteiger charge is -2.37. The molecule has 286 valence electrons. The van der Waals surface area contributed by atoms with Gasteiger partial charge in [0.25, 0.3) is 11.8 Å². The van der Waals surface area contributed by atoms with E-state index < -0.39 is 19.8 Å². The summed E-state index contributed by atoms with van der Waals surface area (Å²) in [5, 5.41) is 13.3. The van der Waals surface area contributed by atoms with Gasteiger partial charge in [-0.2, -0.15) is 0 Å². The van der Waals surface area contributed by atoms with Crippen LogP contribution in [0.3, 0.4) is 0 Å². The van der Waals surface area contributed by atoms with Crippen LogP contribution in [0.4, 0.5) is 17.1 Å². The van der Waals surface area contributed by atoms with Crippen molar-refractivity contribution in [3.05, 3.63) is 126 Å². The molecule has 4 aliphatic heterocycles. The first kappa shape index (κ1) is 36.4. The van der Waals surface area contributed by atoms with Crippen LogP contribution in [0.1, 0.15) is 47.7 Å². The zero-order valence-electron chi connectivity index (χ0n) is 32.3. The van der Waals surface area contributed by atoms with Gasteiger partial charge < -0.3 is 24.4 Å². The summed E-state index contributed by atoms with van der Waals surface area (Å²) in [7, 11) is -0.808. The Bertz CT molecular complexity index is 2380. The SMILES string of the molecule is COc1ccc([Si](C)(C)[C@H]2[C@H](CC(=O)N3CCC[C@H]3CO)O[C@@]3(C(=O)N(Cc4cccc(N5C(=O)c6cccc7cccc5c67)c4)c4ccccc43)[C@@H]2C)cc1. The lowest BCUT2D eigenvalue weighted by Crippen LogP contribution is -2.52. The highest BCUT2D eigenvalue weighted by Crippen LogP contribution is 2.60. The first-order valence-electron chi connectivity index (χ1n) is 19.7. The second kappa shape index (κ2) is 13.7. The molecule has 0 saturated carbocycles. The maximum Gasteiger partial charge on any atom is 0.264 e. The van der Waals surface area contributed by atoms with Gasteiger partial charge in [-0.25, -0.2) is 0 Å². The van der Waals surface area contributed by atoms with Crippen LogP contribution in [0.5, 0.6) is 5.75 Å². The third-order valence-corrected chi connectivity index (χ3v) is 17.5. The van der Waals surface area contributed by atoms with Crippen LogP contribution in [0.15, 0.2) is 109 Å². The van der Waals surface area contributed by atoms with Crippen molar-refractivity contribution < 1.29 is 29.0 Å². The normalized spacial score (nSPS) is 24.2. The summed E-state index contributed by atoms with van der Waals surface area (Å²) in [6.45, 7) is 7.59. The molecule has 4 aliphatic rings. The fraction of sp³-hybridized carbons (Fsp3) is 0.326. The van der Waals surface area contributed by atoms with Crippen molar-refractivity contribution in [3.8, 4) is 5.75 Å². The molecule has 0 aromatic heterocycles. The van der Waals surface area contributed by atoms with E-state index in [-0.39, 0.29) is 54.8 Å². The molecular weight excluding hydrogens is 719 g/mol. The van der Waals surface area contributed by atoms with E-state index in [4.69, 9.17) is 9.47 Å². The molecule has 2 saturated heterocycles. The van der Waals surface area contributed by atoms with Crippen molar-refractivity contribution in [2.75, 3.05) is 30.1 Å². The Morgan fingerprint density at radius 1 is 0.929 bits per heavy atom. The summed E-state index contributed by atoms with van der Waals surface area (Å²) in [4.78, 5) is 48.7. The van der Waals surface area contributed by atoms with Gasteiger partial charge in [0.15, 0.2) is 5.60 Å². The van der Waals surface area contributed by atoms with E-state index in [0.29, 0.717) is 12.1 Å². The van der Waals surface area contributed by atoms with Gasteiger partial charge in [0.05, 0.1) is 63.8 Å². The van der Waals surface area contributed by atoms with Crippen LogP contribution in [-0.2, 0) is 26.5 Å². The van der Waals surface area contributed by atoms with Crippen molar-refractivity contribution >= 4 is 58.8 Å². The van der Waals surface area contributed by atoms with Gasteiger partial charge in [-0.3, -0.25) is 19.3 Å². The first-order valence-corrected chi connectivity index (χ1v) is 22.8. The lowest BCUT2D eigenvalue weighted by atomic mass is 9.82. The van der Waals surface area contributed by atoms with E-state index in [9.17, 15) is 14.7 Å². The van der Waals surface area contributed by atoms with E-state index in [0.717, 1.165) is 57.6 Å². The average molecular weight is 766 g/mol. The van der Waals surface area contributed by atoms with E-state index in [2.05, 4.69) is 32.2 Å². The molecule has 0 unspecified atom stereocenters. The average Bonchev–Trinajstić information content (AvgIpc) is 3.95. The minimum Gasteiger partial charge on any atom is -0.497 e. The van der Waals surface area contributed by atoms with E-state index in [1.165, 1.54) is 5.19 Å². The molecule has 5 aromatic carbocycles. The minimum atomic E-state index is -2.47. The summed E-state index contributed by atoms with van der Waals surface area (Å²) >= 11 is 0. The van der Waals surface area contributed by atoms with Crippen LogP contribution in [0.2, 0.25) is 18.6 Å². The molecule has 5 atom stereocenters. The Labute approximate surface area is 328 Å². The summed E-state index contributed by atoms with van der Waals surface area (Å²) in [5.74, 6) is 0.263. The van der Waals surface area contributed by atoms with E-state index in [1.807, 2.05) is 107 Å². The van der Waals surface area contributed by atoms with Crippen LogP contribution >= 0.6 is 0 Å². The predicted octanol–water partition coefficient (Wildman–Crippen LogP) is 7.28. The molecule has 1 N–H and O–H groups in total. The summed E-state index contributed by atoms with van der Waals surface area (Å²) in [5.41, 5.74) is 3.37. The van der Waals surface area contributed by atoms with Gasteiger partial charge in [0.2, 0.25) is 5.91 Å². The van der Waals surface area contributed by atoms with Crippen LogP contribution in [-0.4, -0.2) is 68.2 Å². The Morgan fingerprint density at radius 3 is 2.43 bits per heavy atom. The number of nitrogens with zero attached hydrogens (tertiary/aromatic N) is 3. The number of para-hydroxylation sites is 1. The highest BCUT2D eigenvalue weighted by atomic mass is 28.3. The van der Waals surface area contributed by atoms with Gasteiger partial charge in [0.1, 0.15) is 5.75 Å². The summed E-state index contributed by atoms with van der Waals surface area (Å²) in [6, 6.07) is 35.6. The topological polar surface area (TPSA) is 99.6 Å². The highest BCUT2D eigenvalue weighted by molar-refractivity contribution is 6.91. The van der Waals surface area contributed by atoms with Crippen molar-refractivity contribution in [3.63, 3.8) is 0 Å². The second-order valence-corrected chi connectivity index (χ2v) is 21.0. The molecule has 9 nitrogen and oxygen atoms in total. The Kier molecular flexibility index (Phi) is 8.91. The number of hydrogen-bond acceptors (Lipinski definition) is 6. The number of amides is 3. The van der Waals surface area contributed by atoms with Gasteiger partial charge in [-0.15, -0.1) is 0 Å². The molecule has 0 aliphatic carbocycles. The minimum absolute atomic E-state index is 0.0398. The van der Waals surface area contributed by atoms with E-state index in [1.54, 1.807) is 12.0 Å². The number of anilines is 3. The standard InChI is InChI=1S/C46H47N3O6Si/c1-29-43(56(3,4)35-22-20-34(54-2)21-23-35)40(26-41(51)47-24-10-15-33(47)28-50)55-46(29)37-17-5-6-18-38(37)48(45(46)53)27-30-11-7-14-32(25-30)49-39-19-9-13-31-12-8-16-36(42(31)39)44(49)52/h5-9,11-14,16-23,25,29,33,40,43,50H,10,15,24,26-28H2,1-4H3/t29-,33+,40+,43-,46+/m1/s1. The fourth-order valence-electron chi connectivity index (χ4n) is 10.4. The van der Waals surface area contributed by atoms with Crippen molar-refractivity contribution in [1.82, 2.24) is 4.90 Å². The number of rotatable bonds is 9. The zero-order valence-corrected chi connectivity index (χ0v) is 33.3. The maximum atomic E-state index is 15.4. The third kappa shape index (κ3) is 5.44. The van der Waals surface area contributed by atoms with Crippen LogP contribution in [0, 0.1) is 5.92 Å². The molecule has 4 heterocycles. The number of hydrogen-bond donors (Lipinski definition) is 1. The van der Waals surface area contributed by atoms with Gasteiger partial charge in [0, 0.05) is 29.1 Å². The van der Waals surface area contributed by atoms with Crippen molar-refractivity contribution in [2.45, 2.75) is 69.1 Å². The van der Waals surface area contributed by atoms with Crippen LogP contribution in [0.25, 0.3) is 10.8 Å². The quantitative estimate of drug-likeness (QED) is 0.159. The zero-order chi connectivity index (χ0) is 38.9. The van der Waals surface area contributed by atoms with Crippen molar-refractivity contribution in [2.24, 2.45) is 5.92 Å². The summed E-state index contributed by atoms with van der Waals surface area (Å²) in [6.07, 6.45) is 1.25. The third-order valence-electron chi connectivity index (χ3n) is 13.1. The number of likely N-dealkylation sites (tertiary alicyclic amines) is 1. The number of carbonyl (C=O) groups is 3. The molecule has 9 rings (SSSR count). The number of ether oxygens (including phenoxy) is 2. The molecule has 10 heteroatoms. The molecule has 0 bridgehead atoms. The Balaban J connectivity index is 1.08. The molecule has 56 heavy (non-hydrogen) atoms. The molecule has 2 fully saturated rings. The molecule has 5 aromatic rings. The first-order chi connectivity index (χ1) is 27.1. The number of aliphatic hydroxyl groups is 1. The fourth-order valence-corrected chi connectivity index (χ4v) is 14.4.